The highest BCUT2D eigenvalue weighted by molar-refractivity contribution is 5.96. The van der Waals surface area contributed by atoms with Gasteiger partial charge in [0.05, 0.1) is 49.7 Å². The molecule has 3 aliphatic rings. The van der Waals surface area contributed by atoms with Gasteiger partial charge < -0.3 is 33.2 Å². The summed E-state index contributed by atoms with van der Waals surface area (Å²) in [5, 5.41) is 0. The summed E-state index contributed by atoms with van der Waals surface area (Å²) in [5.74, 6) is 2.25. The number of pyridine rings is 1. The number of benzene rings is 3. The van der Waals surface area contributed by atoms with E-state index in [1.807, 2.05) is 48.5 Å². The number of nitrogens with zero attached hydrogens (tertiary/aromatic N) is 5. The number of ether oxygens (including phenoxy) is 5. The predicted octanol–water partition coefficient (Wildman–Crippen LogP) is 6.80. The molecule has 266 valence electrons. The molecule has 0 N–H and O–H groups in total. The van der Waals surface area contributed by atoms with Crippen molar-refractivity contribution < 1.29 is 28.5 Å². The number of carbonyl (C=O) groups excluding carboxylic acids is 1. The van der Waals surface area contributed by atoms with Crippen molar-refractivity contribution in [1.29, 1.82) is 0 Å². The molecule has 0 spiro atoms. The number of aryl methyl sites for hydroxylation is 1. The number of likely N-dealkylation sites (N-methyl/N-ethyl adjacent to an activating group) is 1. The third-order valence-corrected chi connectivity index (χ3v) is 10.1. The standard InChI is InChI=1S/C41H41N5O6/c1-42-31-12-11-29-25-51-39-8-4-7-34(43-39)27-9-10-28(36(20-27)50-16-5-6-26(29)18-31)22-38-44-40-35(46(38)24-32-14-17-49-32)19-30(41(47)48-3)21-37(40)52-33-13-15-45(2)23-33/h4,7-12,18-21,32-33H,5-6,13-17,22-25H2,2-3H3/t32-,33?/m0/s1. The van der Waals surface area contributed by atoms with Crippen molar-refractivity contribution in [1.82, 2.24) is 19.4 Å². The molecule has 4 bridgehead atoms. The van der Waals surface area contributed by atoms with E-state index in [0.717, 1.165) is 90.4 Å². The Labute approximate surface area is 302 Å². The SMILES string of the molecule is [C-]#[N+]c1ccc2c(c1)CCCOc1cc(ccc1Cc1nc3c(OC4CCN(C)C4)cc(C(=O)OC)cc3n1C[C@@H]1CCO1)-c1cccc(n1)OC2. The number of rotatable bonds is 7. The summed E-state index contributed by atoms with van der Waals surface area (Å²) in [4.78, 5) is 28.8. The minimum atomic E-state index is -0.425. The van der Waals surface area contributed by atoms with Crippen LogP contribution in [0.5, 0.6) is 17.4 Å². The summed E-state index contributed by atoms with van der Waals surface area (Å²) in [7, 11) is 3.48. The van der Waals surface area contributed by atoms with E-state index < -0.39 is 5.97 Å². The first-order valence-corrected chi connectivity index (χ1v) is 17.9. The largest absolute Gasteiger partial charge is 0.493 e. The van der Waals surface area contributed by atoms with Crippen LogP contribution >= 0.6 is 0 Å². The molecule has 5 aromatic rings. The molecule has 8 rings (SSSR count). The fourth-order valence-corrected chi connectivity index (χ4v) is 7.18. The highest BCUT2D eigenvalue weighted by Crippen LogP contribution is 2.35. The lowest BCUT2D eigenvalue weighted by molar-refractivity contribution is -0.0589. The van der Waals surface area contributed by atoms with Gasteiger partial charge in [0.2, 0.25) is 5.88 Å². The molecule has 0 radical (unpaired) electrons. The van der Waals surface area contributed by atoms with Crippen molar-refractivity contribution in [2.45, 2.75) is 57.5 Å². The zero-order valence-electron chi connectivity index (χ0n) is 29.5. The Kier molecular flexibility index (Phi) is 9.50. The Hall–Kier alpha value is -5.44. The van der Waals surface area contributed by atoms with Crippen LogP contribution in [0.4, 0.5) is 5.69 Å². The van der Waals surface area contributed by atoms with Crippen LogP contribution in [0, 0.1) is 6.57 Å². The second kappa shape index (κ2) is 14.7. The molecule has 3 aliphatic heterocycles. The fraction of sp³-hybridized carbons (Fsp3) is 0.366. The van der Waals surface area contributed by atoms with Crippen molar-refractivity contribution in [2.75, 3.05) is 40.5 Å². The molecule has 2 atom stereocenters. The second-order valence-corrected chi connectivity index (χ2v) is 13.7. The van der Waals surface area contributed by atoms with Gasteiger partial charge in [0.1, 0.15) is 35.6 Å². The van der Waals surface area contributed by atoms with Gasteiger partial charge in [-0.05, 0) is 62.6 Å². The molecule has 5 heterocycles. The minimum absolute atomic E-state index is 0.00465. The Balaban J connectivity index is 1.18. The zero-order valence-corrected chi connectivity index (χ0v) is 29.5. The number of carbonyl (C=O) groups is 1. The van der Waals surface area contributed by atoms with E-state index in [9.17, 15) is 4.79 Å². The van der Waals surface area contributed by atoms with Gasteiger partial charge >= 0.3 is 5.97 Å². The van der Waals surface area contributed by atoms with E-state index in [1.54, 1.807) is 6.07 Å². The number of methoxy groups -OCH3 is 1. The first kappa shape index (κ1) is 33.7. The first-order valence-electron chi connectivity index (χ1n) is 17.9. The molecular weight excluding hydrogens is 658 g/mol. The third kappa shape index (κ3) is 7.04. The maximum absolute atomic E-state index is 12.9. The van der Waals surface area contributed by atoms with Gasteiger partial charge in [0.25, 0.3) is 0 Å². The van der Waals surface area contributed by atoms with Crippen LogP contribution in [0.25, 0.3) is 27.1 Å². The zero-order chi connectivity index (χ0) is 35.6. The summed E-state index contributed by atoms with van der Waals surface area (Å²) >= 11 is 0. The molecule has 11 heteroatoms. The van der Waals surface area contributed by atoms with Crippen LogP contribution in [-0.4, -0.2) is 78.1 Å². The van der Waals surface area contributed by atoms with Crippen LogP contribution < -0.4 is 14.2 Å². The van der Waals surface area contributed by atoms with Crippen LogP contribution in [-0.2, 0) is 35.5 Å². The Bertz CT molecular complexity index is 2170. The number of aromatic nitrogens is 3. The van der Waals surface area contributed by atoms with Crippen LogP contribution in [0.3, 0.4) is 0 Å². The van der Waals surface area contributed by atoms with Gasteiger partial charge in [0.15, 0.2) is 5.69 Å². The molecular formula is C41H41N5O6. The van der Waals surface area contributed by atoms with Crippen molar-refractivity contribution in [3.63, 3.8) is 0 Å². The van der Waals surface area contributed by atoms with Crippen molar-refractivity contribution in [3.05, 3.63) is 106 Å². The van der Waals surface area contributed by atoms with Crippen LogP contribution in [0.15, 0.2) is 66.7 Å². The summed E-state index contributed by atoms with van der Waals surface area (Å²) in [5.41, 5.74) is 7.31. The Morgan fingerprint density at radius 2 is 1.92 bits per heavy atom. The normalized spacial score (nSPS) is 18.6. The second-order valence-electron chi connectivity index (χ2n) is 13.7. The molecule has 52 heavy (non-hydrogen) atoms. The minimum Gasteiger partial charge on any atom is -0.493 e. The smallest absolute Gasteiger partial charge is 0.338 e. The molecule has 1 unspecified atom stereocenters. The van der Waals surface area contributed by atoms with Gasteiger partial charge in [-0.1, -0.05) is 42.0 Å². The average molecular weight is 700 g/mol. The number of imidazole rings is 1. The Morgan fingerprint density at radius 1 is 1.02 bits per heavy atom. The molecule has 0 saturated carbocycles. The lowest BCUT2D eigenvalue weighted by atomic mass is 10.0. The number of likely N-dealkylation sites (tertiary alicyclic amines) is 1. The molecule has 2 saturated heterocycles. The summed E-state index contributed by atoms with van der Waals surface area (Å²) in [6.45, 7) is 11.4. The van der Waals surface area contributed by atoms with Crippen molar-refractivity contribution in [2.24, 2.45) is 0 Å². The van der Waals surface area contributed by atoms with E-state index in [0.29, 0.717) is 54.6 Å². The van der Waals surface area contributed by atoms with Crippen LogP contribution in [0.1, 0.15) is 52.1 Å². The lowest BCUT2D eigenvalue weighted by Crippen LogP contribution is -2.31. The predicted molar refractivity (Wildman–Crippen MR) is 195 cm³/mol. The van der Waals surface area contributed by atoms with E-state index in [-0.39, 0.29) is 12.2 Å². The maximum atomic E-state index is 12.9. The van der Waals surface area contributed by atoms with Crippen LogP contribution in [0.2, 0.25) is 0 Å². The number of fused-ring (bicyclic) bond motifs is 7. The lowest BCUT2D eigenvalue weighted by Gasteiger charge is -2.27. The number of hydrogen-bond acceptors (Lipinski definition) is 9. The summed E-state index contributed by atoms with van der Waals surface area (Å²) < 4.78 is 32.5. The Morgan fingerprint density at radius 3 is 2.71 bits per heavy atom. The van der Waals surface area contributed by atoms with E-state index in [1.165, 1.54) is 7.11 Å². The maximum Gasteiger partial charge on any atom is 0.338 e. The van der Waals surface area contributed by atoms with Gasteiger partial charge in [-0.15, -0.1) is 0 Å². The van der Waals surface area contributed by atoms with Gasteiger partial charge in [-0.3, -0.25) is 0 Å². The molecule has 0 aliphatic carbocycles. The summed E-state index contributed by atoms with van der Waals surface area (Å²) in [6.07, 6.45) is 3.87. The van der Waals surface area contributed by atoms with Crippen molar-refractivity contribution >= 4 is 22.7 Å². The number of esters is 1. The molecule has 0 amide bonds. The molecule has 3 aromatic carbocycles. The molecule has 2 aromatic heterocycles. The molecule has 11 nitrogen and oxygen atoms in total. The van der Waals surface area contributed by atoms with E-state index >= 15 is 0 Å². The topological polar surface area (TPSA) is 102 Å². The van der Waals surface area contributed by atoms with Crippen molar-refractivity contribution in [3.8, 4) is 28.6 Å². The monoisotopic (exact) mass is 699 g/mol. The van der Waals surface area contributed by atoms with E-state index in [2.05, 4.69) is 33.5 Å². The van der Waals surface area contributed by atoms with Gasteiger partial charge in [-0.2, -0.15) is 0 Å². The highest BCUT2D eigenvalue weighted by atomic mass is 16.5. The quantitative estimate of drug-likeness (QED) is 0.134. The van der Waals surface area contributed by atoms with Gasteiger partial charge in [0, 0.05) is 43.3 Å². The highest BCUT2D eigenvalue weighted by Gasteiger charge is 2.28. The average Bonchev–Trinajstić information content (AvgIpc) is 3.72. The third-order valence-electron chi connectivity index (χ3n) is 10.1. The molecule has 2 fully saturated rings. The van der Waals surface area contributed by atoms with Gasteiger partial charge in [-0.25, -0.2) is 19.6 Å². The number of hydrogen-bond donors (Lipinski definition) is 0. The van der Waals surface area contributed by atoms with E-state index in [4.69, 9.17) is 40.2 Å². The first-order chi connectivity index (χ1) is 25.4. The fourth-order valence-electron chi connectivity index (χ4n) is 7.18. The summed E-state index contributed by atoms with van der Waals surface area (Å²) in [6, 6.07) is 21.3.